The molecule has 0 aromatic heterocycles. The van der Waals surface area contributed by atoms with Crippen LogP contribution in [0.15, 0.2) is 12.7 Å². The summed E-state index contributed by atoms with van der Waals surface area (Å²) in [7, 11) is 0. The Labute approximate surface area is 49.8 Å². The summed E-state index contributed by atoms with van der Waals surface area (Å²) < 4.78 is 4.84. The van der Waals surface area contributed by atoms with E-state index in [1.165, 1.54) is 0 Å². The maximum absolute atomic E-state index is 9.74. The van der Waals surface area contributed by atoms with Gasteiger partial charge in [0.1, 0.15) is 6.61 Å². The van der Waals surface area contributed by atoms with E-state index in [-0.39, 0.29) is 6.61 Å². The third kappa shape index (κ3) is 5.66. The van der Waals surface area contributed by atoms with Crippen molar-refractivity contribution >= 4 is 0 Å². The molecule has 2 heteroatoms. The van der Waals surface area contributed by atoms with E-state index in [4.69, 9.17) is 4.74 Å². The average molecular weight is 115 g/mol. The summed E-state index contributed by atoms with van der Waals surface area (Å²) in [5.74, 6) is 0. The van der Waals surface area contributed by atoms with Crippen LogP contribution in [0.5, 0.6) is 0 Å². The van der Waals surface area contributed by atoms with Crippen LogP contribution >= 0.6 is 0 Å². The van der Waals surface area contributed by atoms with E-state index in [1.807, 2.05) is 0 Å². The molecule has 0 spiro atoms. The van der Waals surface area contributed by atoms with Crippen LogP contribution in [0, 0.1) is 0 Å². The Morgan fingerprint density at radius 2 is 2.25 bits per heavy atom. The molecule has 0 saturated heterocycles. The second kappa shape index (κ2) is 6.66. The fourth-order valence-corrected chi connectivity index (χ4v) is 0.328. The van der Waals surface area contributed by atoms with Gasteiger partial charge in [-0.3, -0.25) is 0 Å². The van der Waals surface area contributed by atoms with Crippen molar-refractivity contribution in [1.29, 1.82) is 0 Å². The van der Waals surface area contributed by atoms with Gasteiger partial charge in [0.25, 0.3) is 0 Å². The van der Waals surface area contributed by atoms with Crippen molar-refractivity contribution in [3.63, 3.8) is 0 Å². The molecule has 0 bridgehead atoms. The van der Waals surface area contributed by atoms with Crippen LogP contribution in [0.1, 0.15) is 6.42 Å². The van der Waals surface area contributed by atoms with Gasteiger partial charge in [0.05, 0.1) is 13.2 Å². The summed E-state index contributed by atoms with van der Waals surface area (Å²) >= 11 is 0. The summed E-state index contributed by atoms with van der Waals surface area (Å²) in [6.45, 7) is 4.32. The summed E-state index contributed by atoms with van der Waals surface area (Å²) in [6.07, 6.45) is 2.60. The van der Waals surface area contributed by atoms with Gasteiger partial charge in [-0.1, -0.05) is 6.08 Å². The van der Waals surface area contributed by atoms with Crippen molar-refractivity contribution in [2.24, 2.45) is 0 Å². The van der Waals surface area contributed by atoms with E-state index in [2.05, 4.69) is 6.58 Å². The summed E-state index contributed by atoms with van der Waals surface area (Å²) in [4.78, 5) is 0. The molecule has 0 aliphatic heterocycles. The number of ether oxygens (including phenoxy) is 1. The van der Waals surface area contributed by atoms with Crippen molar-refractivity contribution in [2.45, 2.75) is 6.42 Å². The van der Waals surface area contributed by atoms with E-state index in [0.717, 1.165) is 6.42 Å². The molecular formula is C6H11O2. The Balaban J connectivity index is 2.62. The molecule has 0 unspecified atom stereocenters. The lowest BCUT2D eigenvalue weighted by molar-refractivity contribution is 0.0661. The standard InChI is InChI=1S/C6H11O2/c1-2-3-5-8-6-4-7/h2H,1,3-6H2. The van der Waals surface area contributed by atoms with E-state index >= 15 is 0 Å². The molecule has 0 amide bonds. The lowest BCUT2D eigenvalue weighted by atomic mass is 10.5. The van der Waals surface area contributed by atoms with Crippen molar-refractivity contribution in [3.8, 4) is 0 Å². The molecule has 0 aromatic carbocycles. The average Bonchev–Trinajstić information content (AvgIpc) is 1.81. The third-order valence-electron chi connectivity index (χ3n) is 0.694. The van der Waals surface area contributed by atoms with Crippen LogP contribution < -0.4 is 0 Å². The molecule has 0 fully saturated rings. The fourth-order valence-electron chi connectivity index (χ4n) is 0.328. The van der Waals surface area contributed by atoms with Gasteiger partial charge in [-0.15, -0.1) is 6.58 Å². The molecule has 0 heterocycles. The van der Waals surface area contributed by atoms with Gasteiger partial charge in [-0.25, -0.2) is 5.11 Å². The van der Waals surface area contributed by atoms with E-state index in [9.17, 15) is 5.11 Å². The first-order valence-electron chi connectivity index (χ1n) is 2.68. The largest absolute Gasteiger partial charge is 0.379 e. The lowest BCUT2D eigenvalue weighted by Crippen LogP contribution is -1.98. The SMILES string of the molecule is C=CCCOCC[O]. The van der Waals surface area contributed by atoms with E-state index in [0.29, 0.717) is 13.2 Å². The Morgan fingerprint density at radius 3 is 2.75 bits per heavy atom. The van der Waals surface area contributed by atoms with Crippen molar-refractivity contribution in [3.05, 3.63) is 12.7 Å². The second-order valence-electron chi connectivity index (χ2n) is 1.39. The topological polar surface area (TPSA) is 29.1 Å². The molecule has 0 aromatic rings. The number of hydrogen-bond donors (Lipinski definition) is 0. The molecule has 0 atom stereocenters. The Hall–Kier alpha value is -0.340. The Kier molecular flexibility index (Phi) is 6.38. The zero-order valence-electron chi connectivity index (χ0n) is 4.93. The summed E-state index contributed by atoms with van der Waals surface area (Å²) in [6, 6.07) is 0. The van der Waals surface area contributed by atoms with Crippen LogP contribution in [0.4, 0.5) is 0 Å². The molecule has 0 rings (SSSR count). The molecule has 0 N–H and O–H groups in total. The van der Waals surface area contributed by atoms with Gasteiger partial charge < -0.3 is 4.74 Å². The predicted molar refractivity (Wildman–Crippen MR) is 31.2 cm³/mol. The number of hydrogen-bond acceptors (Lipinski definition) is 1. The van der Waals surface area contributed by atoms with Crippen LogP contribution in [0.3, 0.4) is 0 Å². The fraction of sp³-hybridized carbons (Fsp3) is 0.667. The van der Waals surface area contributed by atoms with Gasteiger partial charge in [0.15, 0.2) is 0 Å². The normalized spacial score (nSPS) is 9.12. The highest BCUT2D eigenvalue weighted by Gasteiger charge is 1.81. The van der Waals surface area contributed by atoms with Gasteiger partial charge in [0.2, 0.25) is 0 Å². The molecule has 0 aliphatic carbocycles. The van der Waals surface area contributed by atoms with Crippen molar-refractivity contribution in [1.82, 2.24) is 0 Å². The molecule has 8 heavy (non-hydrogen) atoms. The monoisotopic (exact) mass is 115 g/mol. The van der Waals surface area contributed by atoms with Crippen LogP contribution in [0.2, 0.25) is 0 Å². The summed E-state index contributed by atoms with van der Waals surface area (Å²) in [5.41, 5.74) is 0. The first kappa shape index (κ1) is 7.66. The Morgan fingerprint density at radius 1 is 1.50 bits per heavy atom. The highest BCUT2D eigenvalue weighted by molar-refractivity contribution is 4.64. The number of rotatable bonds is 5. The maximum Gasteiger partial charge on any atom is 0.106 e. The molecule has 2 nitrogen and oxygen atoms in total. The molecule has 1 radical (unpaired) electrons. The molecule has 0 aliphatic rings. The van der Waals surface area contributed by atoms with Crippen LogP contribution in [-0.4, -0.2) is 19.8 Å². The maximum atomic E-state index is 9.74. The molecular weight excluding hydrogens is 104 g/mol. The minimum absolute atomic E-state index is 0.142. The minimum Gasteiger partial charge on any atom is -0.379 e. The quantitative estimate of drug-likeness (QED) is 0.388. The zero-order valence-corrected chi connectivity index (χ0v) is 4.93. The van der Waals surface area contributed by atoms with Gasteiger partial charge in [-0.2, -0.15) is 0 Å². The molecule has 47 valence electrons. The van der Waals surface area contributed by atoms with Gasteiger partial charge >= 0.3 is 0 Å². The van der Waals surface area contributed by atoms with Crippen molar-refractivity contribution < 1.29 is 9.84 Å². The van der Waals surface area contributed by atoms with E-state index < -0.39 is 0 Å². The van der Waals surface area contributed by atoms with Crippen molar-refractivity contribution in [2.75, 3.05) is 19.8 Å². The lowest BCUT2D eigenvalue weighted by Gasteiger charge is -1.94. The second-order valence-corrected chi connectivity index (χ2v) is 1.39. The smallest absolute Gasteiger partial charge is 0.106 e. The molecule has 0 saturated carbocycles. The predicted octanol–water partition coefficient (Wildman–Crippen LogP) is 1.01. The van der Waals surface area contributed by atoms with Crippen LogP contribution in [-0.2, 0) is 9.84 Å². The van der Waals surface area contributed by atoms with Gasteiger partial charge in [-0.05, 0) is 6.42 Å². The highest BCUT2D eigenvalue weighted by Crippen LogP contribution is 1.80. The summed E-state index contributed by atoms with van der Waals surface area (Å²) in [5, 5.41) is 9.74. The first-order chi connectivity index (χ1) is 3.91. The highest BCUT2D eigenvalue weighted by atomic mass is 16.5. The van der Waals surface area contributed by atoms with E-state index in [1.54, 1.807) is 6.08 Å². The Bertz CT molecular complexity index is 52.5. The van der Waals surface area contributed by atoms with Crippen LogP contribution in [0.25, 0.3) is 0 Å². The van der Waals surface area contributed by atoms with Gasteiger partial charge in [0, 0.05) is 0 Å². The first-order valence-corrected chi connectivity index (χ1v) is 2.68. The zero-order chi connectivity index (χ0) is 6.24. The minimum atomic E-state index is -0.142. The third-order valence-corrected chi connectivity index (χ3v) is 0.694.